The fourth-order valence-electron chi connectivity index (χ4n) is 2.16. The summed E-state index contributed by atoms with van der Waals surface area (Å²) < 4.78 is 18.7. The first kappa shape index (κ1) is 12.3. The zero-order valence-electron chi connectivity index (χ0n) is 9.90. The Morgan fingerprint density at radius 2 is 2.18 bits per heavy atom. The molecule has 94 valence electrons. The summed E-state index contributed by atoms with van der Waals surface area (Å²) in [5, 5.41) is 10.0. The lowest BCUT2D eigenvalue weighted by Gasteiger charge is -2.33. The van der Waals surface area contributed by atoms with E-state index in [0.717, 1.165) is 19.3 Å². The summed E-state index contributed by atoms with van der Waals surface area (Å²) >= 11 is 0. The van der Waals surface area contributed by atoms with E-state index in [2.05, 4.69) is 0 Å². The van der Waals surface area contributed by atoms with Gasteiger partial charge in [-0.15, -0.1) is 0 Å². The first-order chi connectivity index (χ1) is 8.13. The number of methoxy groups -OCH3 is 1. The van der Waals surface area contributed by atoms with Crippen LogP contribution in [0, 0.1) is 11.7 Å². The molecule has 3 N–H and O–H groups in total. The number of aliphatic hydroxyl groups is 1. The second kappa shape index (κ2) is 5.02. The van der Waals surface area contributed by atoms with Crippen molar-refractivity contribution >= 4 is 0 Å². The van der Waals surface area contributed by atoms with Crippen LogP contribution in [0.3, 0.4) is 0 Å². The summed E-state index contributed by atoms with van der Waals surface area (Å²) in [7, 11) is 1.52. The average Bonchev–Trinajstić information content (AvgIpc) is 2.26. The molecule has 0 aromatic heterocycles. The van der Waals surface area contributed by atoms with Gasteiger partial charge in [0.25, 0.3) is 0 Å². The van der Waals surface area contributed by atoms with Crippen LogP contribution in [0.15, 0.2) is 18.2 Å². The van der Waals surface area contributed by atoms with Crippen molar-refractivity contribution in [2.75, 3.05) is 7.11 Å². The first-order valence-electron chi connectivity index (χ1n) is 5.90. The molecule has 1 aromatic carbocycles. The Morgan fingerprint density at radius 3 is 2.71 bits per heavy atom. The molecule has 0 unspecified atom stereocenters. The third-order valence-electron chi connectivity index (χ3n) is 3.56. The van der Waals surface area contributed by atoms with Gasteiger partial charge in [0.15, 0.2) is 0 Å². The van der Waals surface area contributed by atoms with Gasteiger partial charge in [-0.25, -0.2) is 4.39 Å². The number of halogens is 1. The molecule has 0 spiro atoms. The standard InChI is InChI=1S/C13H18FNO2/c1-17-9-5-6-11(14)10(7-9)12(15)13(16)8-3-2-4-8/h5-8,12-13,16H,2-4,15H2,1H3/t12-,13+/m1/s1. The molecule has 1 saturated carbocycles. The fraction of sp³-hybridized carbons (Fsp3) is 0.538. The number of aliphatic hydroxyl groups excluding tert-OH is 1. The van der Waals surface area contributed by atoms with Gasteiger partial charge in [0.1, 0.15) is 11.6 Å². The Bertz CT molecular complexity index is 393. The highest BCUT2D eigenvalue weighted by atomic mass is 19.1. The minimum Gasteiger partial charge on any atom is -0.497 e. The van der Waals surface area contributed by atoms with Gasteiger partial charge >= 0.3 is 0 Å². The Kier molecular flexibility index (Phi) is 3.64. The summed E-state index contributed by atoms with van der Waals surface area (Å²) in [6.45, 7) is 0. The maximum Gasteiger partial charge on any atom is 0.128 e. The van der Waals surface area contributed by atoms with Crippen molar-refractivity contribution in [1.82, 2.24) is 0 Å². The quantitative estimate of drug-likeness (QED) is 0.845. The molecule has 4 heteroatoms. The summed E-state index contributed by atoms with van der Waals surface area (Å²) in [4.78, 5) is 0. The minimum atomic E-state index is -0.685. The zero-order chi connectivity index (χ0) is 12.4. The Labute approximate surface area is 100 Å². The van der Waals surface area contributed by atoms with Crippen molar-refractivity contribution in [3.05, 3.63) is 29.6 Å². The van der Waals surface area contributed by atoms with E-state index in [-0.39, 0.29) is 5.92 Å². The summed E-state index contributed by atoms with van der Waals surface area (Å²) in [5.41, 5.74) is 6.25. The van der Waals surface area contributed by atoms with Gasteiger partial charge in [0.05, 0.1) is 19.3 Å². The summed E-state index contributed by atoms with van der Waals surface area (Å²) in [6.07, 6.45) is 2.39. The van der Waals surface area contributed by atoms with E-state index in [4.69, 9.17) is 10.5 Å². The van der Waals surface area contributed by atoms with Crippen molar-refractivity contribution in [3.63, 3.8) is 0 Å². The molecule has 0 bridgehead atoms. The predicted molar refractivity (Wildman–Crippen MR) is 63.2 cm³/mol. The van der Waals surface area contributed by atoms with Crippen molar-refractivity contribution in [3.8, 4) is 5.75 Å². The Hall–Kier alpha value is -1.13. The number of rotatable bonds is 4. The minimum absolute atomic E-state index is 0.204. The normalized spacial score (nSPS) is 19.5. The molecule has 0 heterocycles. The van der Waals surface area contributed by atoms with E-state index >= 15 is 0 Å². The van der Waals surface area contributed by atoms with Crippen LogP contribution in [0.25, 0.3) is 0 Å². The molecule has 1 aliphatic rings. The Morgan fingerprint density at radius 1 is 1.47 bits per heavy atom. The SMILES string of the molecule is COc1ccc(F)c([C@@H](N)[C@@H](O)C2CCC2)c1. The summed E-state index contributed by atoms with van der Waals surface area (Å²) in [5.74, 6) is 0.366. The van der Waals surface area contributed by atoms with E-state index in [0.29, 0.717) is 11.3 Å². The van der Waals surface area contributed by atoms with Gasteiger partial charge in [-0.2, -0.15) is 0 Å². The van der Waals surface area contributed by atoms with Crippen LogP contribution in [0.4, 0.5) is 4.39 Å². The van der Waals surface area contributed by atoms with Crippen LogP contribution in [-0.2, 0) is 0 Å². The van der Waals surface area contributed by atoms with Gasteiger partial charge in [-0.1, -0.05) is 6.42 Å². The van der Waals surface area contributed by atoms with Crippen molar-refractivity contribution in [2.24, 2.45) is 11.7 Å². The number of hydrogen-bond donors (Lipinski definition) is 2. The van der Waals surface area contributed by atoms with Crippen LogP contribution in [0.2, 0.25) is 0 Å². The van der Waals surface area contributed by atoms with Gasteiger partial charge < -0.3 is 15.6 Å². The molecule has 1 aliphatic carbocycles. The van der Waals surface area contributed by atoms with Crippen molar-refractivity contribution < 1.29 is 14.2 Å². The second-order valence-corrected chi connectivity index (χ2v) is 4.59. The van der Waals surface area contributed by atoms with Crippen molar-refractivity contribution in [2.45, 2.75) is 31.4 Å². The number of benzene rings is 1. The third kappa shape index (κ3) is 2.42. The maximum atomic E-state index is 13.7. The molecule has 1 fully saturated rings. The lowest BCUT2D eigenvalue weighted by Crippen LogP contribution is -2.36. The smallest absolute Gasteiger partial charge is 0.128 e. The fourth-order valence-corrected chi connectivity index (χ4v) is 2.16. The van der Waals surface area contributed by atoms with E-state index in [1.807, 2.05) is 0 Å². The molecule has 17 heavy (non-hydrogen) atoms. The largest absolute Gasteiger partial charge is 0.497 e. The van der Waals surface area contributed by atoms with Gasteiger partial charge in [-0.3, -0.25) is 0 Å². The maximum absolute atomic E-state index is 13.7. The van der Waals surface area contributed by atoms with E-state index in [1.54, 1.807) is 12.1 Å². The van der Waals surface area contributed by atoms with Crippen LogP contribution < -0.4 is 10.5 Å². The van der Waals surface area contributed by atoms with Crippen LogP contribution >= 0.6 is 0 Å². The average molecular weight is 239 g/mol. The predicted octanol–water partition coefficient (Wildman–Crippen LogP) is 2.00. The molecule has 0 radical (unpaired) electrons. The van der Waals surface area contributed by atoms with Gasteiger partial charge in [-0.05, 0) is 37.0 Å². The Balaban J connectivity index is 2.19. The molecule has 1 aromatic rings. The van der Waals surface area contributed by atoms with E-state index in [1.165, 1.54) is 13.2 Å². The number of hydrogen-bond acceptors (Lipinski definition) is 3. The zero-order valence-corrected chi connectivity index (χ0v) is 9.90. The van der Waals surface area contributed by atoms with Crippen LogP contribution in [0.5, 0.6) is 5.75 Å². The van der Waals surface area contributed by atoms with Gasteiger partial charge in [0.2, 0.25) is 0 Å². The van der Waals surface area contributed by atoms with Crippen molar-refractivity contribution in [1.29, 1.82) is 0 Å². The topological polar surface area (TPSA) is 55.5 Å². The molecular formula is C13H18FNO2. The lowest BCUT2D eigenvalue weighted by atomic mass is 9.77. The third-order valence-corrected chi connectivity index (χ3v) is 3.56. The van der Waals surface area contributed by atoms with Crippen LogP contribution in [-0.4, -0.2) is 18.3 Å². The molecule has 0 saturated heterocycles. The second-order valence-electron chi connectivity index (χ2n) is 4.59. The lowest BCUT2D eigenvalue weighted by molar-refractivity contribution is 0.0404. The van der Waals surface area contributed by atoms with Crippen LogP contribution in [0.1, 0.15) is 30.9 Å². The van der Waals surface area contributed by atoms with E-state index in [9.17, 15) is 9.50 Å². The number of nitrogens with two attached hydrogens (primary N) is 1. The highest BCUT2D eigenvalue weighted by Gasteiger charge is 2.31. The highest BCUT2D eigenvalue weighted by Crippen LogP contribution is 2.35. The molecule has 2 rings (SSSR count). The van der Waals surface area contributed by atoms with E-state index < -0.39 is 18.0 Å². The monoisotopic (exact) mass is 239 g/mol. The van der Waals surface area contributed by atoms with Gasteiger partial charge in [0, 0.05) is 5.56 Å². The molecule has 0 aliphatic heterocycles. The molecule has 0 amide bonds. The first-order valence-corrected chi connectivity index (χ1v) is 5.90. The highest BCUT2D eigenvalue weighted by molar-refractivity contribution is 5.32. The summed E-state index contributed by atoms with van der Waals surface area (Å²) in [6, 6.07) is 3.74. The number of ether oxygens (including phenoxy) is 1. The molecular weight excluding hydrogens is 221 g/mol. The molecule has 3 nitrogen and oxygen atoms in total. The molecule has 2 atom stereocenters.